The predicted molar refractivity (Wildman–Crippen MR) is 111 cm³/mol. The van der Waals surface area contributed by atoms with Crippen molar-refractivity contribution in [3.8, 4) is 11.1 Å². The van der Waals surface area contributed by atoms with E-state index in [0.717, 1.165) is 29.5 Å². The van der Waals surface area contributed by atoms with E-state index in [1.54, 1.807) is 29.4 Å². The molecule has 7 heteroatoms. The number of rotatable bonds is 6. The summed E-state index contributed by atoms with van der Waals surface area (Å²) in [5.74, 6) is -0.295. The van der Waals surface area contributed by atoms with Crippen LogP contribution in [0.25, 0.3) is 11.1 Å². The van der Waals surface area contributed by atoms with E-state index in [4.69, 9.17) is 11.5 Å². The third-order valence-electron chi connectivity index (χ3n) is 5.62. The van der Waals surface area contributed by atoms with E-state index in [0.29, 0.717) is 11.3 Å². The second kappa shape index (κ2) is 7.01. The summed E-state index contributed by atoms with van der Waals surface area (Å²) in [6.07, 6.45) is 4.71. The Hall–Kier alpha value is -3.74. The van der Waals surface area contributed by atoms with E-state index in [2.05, 4.69) is 23.0 Å². The Kier molecular flexibility index (Phi) is 4.50. The molecule has 146 valence electrons. The SMILES string of the molecule is C[C@@]1(c2cccc(-c3ccccc3C(N)=O)c2)C[C@@H]1N(C=O)c1cnc(N)nc1. The van der Waals surface area contributed by atoms with Gasteiger partial charge in [-0.2, -0.15) is 0 Å². The topological polar surface area (TPSA) is 115 Å². The molecule has 0 bridgehead atoms. The number of nitrogens with zero attached hydrogens (tertiary/aromatic N) is 3. The molecule has 7 nitrogen and oxygen atoms in total. The number of nitrogens with two attached hydrogens (primary N) is 2. The molecule has 4 N–H and O–H groups in total. The van der Waals surface area contributed by atoms with E-state index in [1.807, 2.05) is 30.3 Å². The number of aromatic nitrogens is 2. The highest BCUT2D eigenvalue weighted by Gasteiger charge is 2.55. The van der Waals surface area contributed by atoms with Gasteiger partial charge in [0.1, 0.15) is 0 Å². The monoisotopic (exact) mass is 387 g/mol. The standard InChI is InChI=1S/C22H21N5O2/c1-22(10-19(22)27(13-28)16-11-25-21(24)26-12-16)15-6-4-5-14(9-15)17-7-2-3-8-18(17)20(23)29/h2-9,11-13,19H,10H2,1H3,(H2,23,29)(H2,24,25,26)/t19-,22-/m0/s1. The Morgan fingerprint density at radius 3 is 2.59 bits per heavy atom. The van der Waals surface area contributed by atoms with Crippen LogP contribution in [0.1, 0.15) is 29.3 Å². The molecule has 1 fully saturated rings. The first-order valence-electron chi connectivity index (χ1n) is 9.25. The van der Waals surface area contributed by atoms with Crippen molar-refractivity contribution in [2.75, 3.05) is 10.6 Å². The Morgan fingerprint density at radius 2 is 1.90 bits per heavy atom. The number of anilines is 2. The zero-order chi connectivity index (χ0) is 20.6. The van der Waals surface area contributed by atoms with Gasteiger partial charge in [0, 0.05) is 17.0 Å². The summed E-state index contributed by atoms with van der Waals surface area (Å²) in [6.45, 7) is 2.12. The zero-order valence-electron chi connectivity index (χ0n) is 15.9. The molecule has 0 unspecified atom stereocenters. The van der Waals surface area contributed by atoms with Gasteiger partial charge in [-0.3, -0.25) is 9.59 Å². The van der Waals surface area contributed by atoms with Crippen LogP contribution in [0.3, 0.4) is 0 Å². The molecular weight excluding hydrogens is 366 g/mol. The predicted octanol–water partition coefficient (Wildman–Crippen LogP) is 2.52. The fourth-order valence-corrected chi connectivity index (χ4v) is 3.83. The van der Waals surface area contributed by atoms with E-state index in [1.165, 1.54) is 0 Å². The summed E-state index contributed by atoms with van der Waals surface area (Å²) >= 11 is 0. The molecule has 0 radical (unpaired) electrons. The van der Waals surface area contributed by atoms with E-state index in [9.17, 15) is 9.59 Å². The first-order chi connectivity index (χ1) is 13.9. The average molecular weight is 387 g/mol. The van der Waals surface area contributed by atoms with Crippen molar-refractivity contribution < 1.29 is 9.59 Å². The Balaban J connectivity index is 1.66. The Bertz CT molecular complexity index is 1080. The number of hydrogen-bond donors (Lipinski definition) is 2. The van der Waals surface area contributed by atoms with Crippen molar-refractivity contribution in [1.29, 1.82) is 0 Å². The molecule has 2 amide bonds. The lowest BCUT2D eigenvalue weighted by atomic mass is 9.91. The number of nitrogen functional groups attached to an aromatic ring is 1. The average Bonchev–Trinajstić information content (AvgIpc) is 3.42. The van der Waals surface area contributed by atoms with Gasteiger partial charge in [-0.05, 0) is 29.2 Å². The molecule has 1 aliphatic rings. The van der Waals surface area contributed by atoms with Gasteiger partial charge < -0.3 is 16.4 Å². The summed E-state index contributed by atoms with van der Waals surface area (Å²) in [6, 6.07) is 15.3. The van der Waals surface area contributed by atoms with Crippen molar-refractivity contribution in [3.63, 3.8) is 0 Å². The highest BCUT2D eigenvalue weighted by atomic mass is 16.1. The molecule has 2 atom stereocenters. The highest BCUT2D eigenvalue weighted by molar-refractivity contribution is 5.99. The molecule has 0 spiro atoms. The lowest BCUT2D eigenvalue weighted by molar-refractivity contribution is -0.107. The number of carbonyl (C=O) groups excluding carboxylic acids is 2. The third kappa shape index (κ3) is 3.31. The minimum Gasteiger partial charge on any atom is -0.368 e. The molecule has 1 saturated carbocycles. The van der Waals surface area contributed by atoms with Crippen molar-refractivity contribution in [3.05, 3.63) is 72.1 Å². The first-order valence-corrected chi connectivity index (χ1v) is 9.25. The van der Waals surface area contributed by atoms with Gasteiger partial charge in [0.15, 0.2) is 0 Å². The maximum Gasteiger partial charge on any atom is 0.249 e. The van der Waals surface area contributed by atoms with Crippen LogP contribution in [-0.2, 0) is 10.2 Å². The van der Waals surface area contributed by atoms with Crippen molar-refractivity contribution in [2.45, 2.75) is 24.8 Å². The van der Waals surface area contributed by atoms with Crippen molar-refractivity contribution in [1.82, 2.24) is 9.97 Å². The van der Waals surface area contributed by atoms with E-state index in [-0.39, 0.29) is 17.4 Å². The van der Waals surface area contributed by atoms with Crippen LogP contribution < -0.4 is 16.4 Å². The fourth-order valence-electron chi connectivity index (χ4n) is 3.83. The van der Waals surface area contributed by atoms with Gasteiger partial charge >= 0.3 is 0 Å². The van der Waals surface area contributed by atoms with Gasteiger partial charge in [0.2, 0.25) is 18.3 Å². The quantitative estimate of drug-likeness (QED) is 0.631. The third-order valence-corrected chi connectivity index (χ3v) is 5.62. The van der Waals surface area contributed by atoms with Crippen LogP contribution in [0.5, 0.6) is 0 Å². The second-order valence-electron chi connectivity index (χ2n) is 7.44. The van der Waals surface area contributed by atoms with Crippen LogP contribution in [0.2, 0.25) is 0 Å². The molecule has 1 heterocycles. The minimum atomic E-state index is -0.461. The summed E-state index contributed by atoms with van der Waals surface area (Å²) in [7, 11) is 0. The van der Waals surface area contributed by atoms with Gasteiger partial charge in [0.25, 0.3) is 0 Å². The number of hydrogen-bond acceptors (Lipinski definition) is 5. The number of primary amides is 1. The first kappa shape index (κ1) is 18.6. The molecular formula is C22H21N5O2. The van der Waals surface area contributed by atoms with Crippen LogP contribution in [0, 0.1) is 0 Å². The largest absolute Gasteiger partial charge is 0.368 e. The van der Waals surface area contributed by atoms with Crippen molar-refractivity contribution in [2.24, 2.45) is 5.73 Å². The van der Waals surface area contributed by atoms with Crippen LogP contribution in [0.4, 0.5) is 11.6 Å². The molecule has 0 saturated heterocycles. The summed E-state index contributed by atoms with van der Waals surface area (Å²) < 4.78 is 0. The Labute approximate surface area is 168 Å². The molecule has 0 aliphatic heterocycles. The van der Waals surface area contributed by atoms with Gasteiger partial charge in [-0.1, -0.05) is 49.4 Å². The van der Waals surface area contributed by atoms with Gasteiger partial charge in [-0.15, -0.1) is 0 Å². The van der Waals surface area contributed by atoms with Gasteiger partial charge in [-0.25, -0.2) is 9.97 Å². The second-order valence-corrected chi connectivity index (χ2v) is 7.44. The maximum absolute atomic E-state index is 11.8. The van der Waals surface area contributed by atoms with Crippen molar-refractivity contribution >= 4 is 24.0 Å². The van der Waals surface area contributed by atoms with Crippen LogP contribution in [-0.4, -0.2) is 28.3 Å². The Morgan fingerprint density at radius 1 is 1.17 bits per heavy atom. The number of carbonyl (C=O) groups is 2. The summed E-state index contributed by atoms with van der Waals surface area (Å²) in [4.78, 5) is 33.2. The normalized spacial score (nSPS) is 20.1. The zero-order valence-corrected chi connectivity index (χ0v) is 15.9. The molecule has 29 heavy (non-hydrogen) atoms. The number of amides is 2. The smallest absolute Gasteiger partial charge is 0.249 e. The minimum absolute atomic E-state index is 0.0196. The lowest BCUT2D eigenvalue weighted by Gasteiger charge is -2.21. The lowest BCUT2D eigenvalue weighted by Crippen LogP contribution is -2.29. The van der Waals surface area contributed by atoms with Gasteiger partial charge in [0.05, 0.1) is 18.1 Å². The molecule has 1 aromatic heterocycles. The maximum atomic E-state index is 11.8. The summed E-state index contributed by atoms with van der Waals surface area (Å²) in [5, 5.41) is 0. The van der Waals surface area contributed by atoms with Crippen LogP contribution in [0.15, 0.2) is 60.9 Å². The molecule has 1 aliphatic carbocycles. The molecule has 2 aromatic carbocycles. The van der Waals surface area contributed by atoms with Crippen LogP contribution >= 0.6 is 0 Å². The van der Waals surface area contributed by atoms with E-state index < -0.39 is 5.91 Å². The molecule has 4 rings (SSSR count). The number of benzene rings is 2. The highest BCUT2D eigenvalue weighted by Crippen LogP contribution is 2.52. The summed E-state index contributed by atoms with van der Waals surface area (Å²) in [5.41, 5.74) is 14.7. The molecule has 3 aromatic rings. The van der Waals surface area contributed by atoms with E-state index >= 15 is 0 Å². The fraction of sp³-hybridized carbons (Fsp3) is 0.182.